The average molecular weight is 368 g/mol. The van der Waals surface area contributed by atoms with Crippen LogP contribution in [0.1, 0.15) is 41.1 Å². The largest absolute Gasteiger partial charge is 0.462 e. The first-order valence-electron chi connectivity index (χ1n) is 8.89. The molecule has 2 rings (SSSR count). The monoisotopic (exact) mass is 367 g/mol. The van der Waals surface area contributed by atoms with Crippen LogP contribution in [-0.4, -0.2) is 57.1 Å². The third-order valence-corrected chi connectivity index (χ3v) is 5.44. The average Bonchev–Trinajstić information content (AvgIpc) is 2.88. The molecule has 140 valence electrons. The van der Waals surface area contributed by atoms with E-state index in [1.54, 1.807) is 6.92 Å². The molecule has 2 N–H and O–H groups in total. The summed E-state index contributed by atoms with van der Waals surface area (Å²) in [6.07, 6.45) is 2.90. The van der Waals surface area contributed by atoms with Gasteiger partial charge in [-0.15, -0.1) is 11.3 Å². The molecule has 1 heterocycles. The third-order valence-electron chi connectivity index (χ3n) is 4.27. The van der Waals surface area contributed by atoms with Crippen LogP contribution in [0, 0.1) is 5.92 Å². The van der Waals surface area contributed by atoms with Crippen LogP contribution in [0.15, 0.2) is 0 Å². The van der Waals surface area contributed by atoms with Crippen LogP contribution < -0.4 is 10.6 Å². The number of esters is 1. The molecule has 7 heteroatoms. The maximum Gasteiger partial charge on any atom is 0.341 e. The van der Waals surface area contributed by atoms with Crippen molar-refractivity contribution in [3.63, 3.8) is 0 Å². The Bertz CT molecular complexity index is 613. The van der Waals surface area contributed by atoms with E-state index in [0.29, 0.717) is 23.1 Å². The molecular weight excluding hydrogens is 338 g/mol. The van der Waals surface area contributed by atoms with Gasteiger partial charge in [0.25, 0.3) is 0 Å². The molecule has 1 aliphatic carbocycles. The molecule has 0 fully saturated rings. The van der Waals surface area contributed by atoms with Crippen molar-refractivity contribution in [2.45, 2.75) is 33.1 Å². The van der Waals surface area contributed by atoms with E-state index >= 15 is 0 Å². The lowest BCUT2D eigenvalue weighted by Crippen LogP contribution is -2.33. The van der Waals surface area contributed by atoms with Crippen LogP contribution in [0.2, 0.25) is 0 Å². The maximum atomic E-state index is 12.4. The minimum absolute atomic E-state index is 0.129. The second kappa shape index (κ2) is 9.31. The van der Waals surface area contributed by atoms with Gasteiger partial charge in [0, 0.05) is 18.0 Å². The lowest BCUT2D eigenvalue weighted by molar-refractivity contribution is -0.115. The molecule has 0 bridgehead atoms. The number of carbonyl (C=O) groups is 2. The highest BCUT2D eigenvalue weighted by molar-refractivity contribution is 7.17. The number of nitrogens with one attached hydrogen (secondary N) is 2. The van der Waals surface area contributed by atoms with E-state index in [4.69, 9.17) is 4.74 Å². The van der Waals surface area contributed by atoms with Gasteiger partial charge in [-0.05, 0) is 51.8 Å². The second-order valence-corrected chi connectivity index (χ2v) is 7.91. The molecule has 0 radical (unpaired) electrons. The summed E-state index contributed by atoms with van der Waals surface area (Å²) in [4.78, 5) is 27.9. The van der Waals surface area contributed by atoms with Gasteiger partial charge in [0.1, 0.15) is 5.00 Å². The van der Waals surface area contributed by atoms with Gasteiger partial charge < -0.3 is 20.3 Å². The molecule has 0 saturated heterocycles. The summed E-state index contributed by atoms with van der Waals surface area (Å²) in [7, 11) is 3.98. The molecular formula is C18H29N3O3S. The number of nitrogens with zero attached hydrogens (tertiary/aromatic N) is 1. The highest BCUT2D eigenvalue weighted by Crippen LogP contribution is 2.40. The molecule has 0 unspecified atom stereocenters. The lowest BCUT2D eigenvalue weighted by atomic mass is 9.88. The lowest BCUT2D eigenvalue weighted by Gasteiger charge is -2.18. The van der Waals surface area contributed by atoms with Crippen molar-refractivity contribution in [3.05, 3.63) is 16.0 Å². The number of rotatable bonds is 8. The smallest absolute Gasteiger partial charge is 0.341 e. The van der Waals surface area contributed by atoms with Crippen molar-refractivity contribution in [1.29, 1.82) is 0 Å². The van der Waals surface area contributed by atoms with Gasteiger partial charge >= 0.3 is 5.97 Å². The first-order chi connectivity index (χ1) is 11.9. The van der Waals surface area contributed by atoms with Gasteiger partial charge in [-0.3, -0.25) is 4.79 Å². The number of amides is 1. The Labute approximate surface area is 153 Å². The first-order valence-corrected chi connectivity index (χ1v) is 9.71. The summed E-state index contributed by atoms with van der Waals surface area (Å²) in [6, 6.07) is 0. The van der Waals surface area contributed by atoms with Crippen LogP contribution >= 0.6 is 11.3 Å². The van der Waals surface area contributed by atoms with Gasteiger partial charge in [0.05, 0.1) is 18.7 Å². The molecule has 1 aromatic rings. The van der Waals surface area contributed by atoms with E-state index in [2.05, 4.69) is 22.5 Å². The number of likely N-dealkylation sites (N-methyl/N-ethyl adjacent to an activating group) is 1. The van der Waals surface area contributed by atoms with E-state index in [1.807, 2.05) is 14.1 Å². The molecule has 0 spiro atoms. The number of hydrogen-bond donors (Lipinski definition) is 2. The summed E-state index contributed by atoms with van der Waals surface area (Å²) in [5.74, 6) is 0.152. The first kappa shape index (κ1) is 19.9. The Hall–Kier alpha value is -1.44. The van der Waals surface area contributed by atoms with Crippen molar-refractivity contribution >= 4 is 28.2 Å². The molecule has 1 atom stereocenters. The Kier molecular flexibility index (Phi) is 7.40. The van der Waals surface area contributed by atoms with Crippen molar-refractivity contribution in [2.24, 2.45) is 5.92 Å². The highest BCUT2D eigenvalue weighted by Gasteiger charge is 2.29. The highest BCUT2D eigenvalue weighted by atomic mass is 32.1. The second-order valence-electron chi connectivity index (χ2n) is 6.80. The van der Waals surface area contributed by atoms with Crippen LogP contribution in [0.25, 0.3) is 0 Å². The number of thiophene rings is 1. The van der Waals surface area contributed by atoms with Crippen LogP contribution in [0.3, 0.4) is 0 Å². The van der Waals surface area contributed by atoms with Crippen molar-refractivity contribution < 1.29 is 14.3 Å². The molecule has 1 aromatic heterocycles. The van der Waals surface area contributed by atoms with Crippen molar-refractivity contribution in [3.8, 4) is 0 Å². The number of ether oxygens (including phenoxy) is 1. The van der Waals surface area contributed by atoms with Gasteiger partial charge in [0.2, 0.25) is 5.91 Å². The van der Waals surface area contributed by atoms with Gasteiger partial charge in [-0.2, -0.15) is 0 Å². The molecule has 0 saturated carbocycles. The predicted molar refractivity (Wildman–Crippen MR) is 102 cm³/mol. The topological polar surface area (TPSA) is 70.7 Å². The van der Waals surface area contributed by atoms with E-state index in [-0.39, 0.29) is 18.4 Å². The Balaban J connectivity index is 2.08. The number of anilines is 1. The molecule has 25 heavy (non-hydrogen) atoms. The Morgan fingerprint density at radius 1 is 1.36 bits per heavy atom. The molecule has 1 amide bonds. The summed E-state index contributed by atoms with van der Waals surface area (Å²) >= 11 is 1.52. The summed E-state index contributed by atoms with van der Waals surface area (Å²) in [5.41, 5.74) is 1.63. The maximum absolute atomic E-state index is 12.4. The van der Waals surface area contributed by atoms with E-state index in [9.17, 15) is 9.59 Å². The normalized spacial score (nSPS) is 16.6. The fourth-order valence-electron chi connectivity index (χ4n) is 2.93. The minimum atomic E-state index is -0.328. The van der Waals surface area contributed by atoms with Crippen LogP contribution in [0.5, 0.6) is 0 Å². The van der Waals surface area contributed by atoms with Crippen LogP contribution in [0.4, 0.5) is 5.00 Å². The summed E-state index contributed by atoms with van der Waals surface area (Å²) in [5, 5.41) is 6.66. The zero-order valence-corrected chi connectivity index (χ0v) is 16.4. The zero-order chi connectivity index (χ0) is 18.4. The van der Waals surface area contributed by atoms with Crippen molar-refractivity contribution in [2.75, 3.05) is 45.7 Å². The number of fused-ring (bicyclic) bond motifs is 1. The summed E-state index contributed by atoms with van der Waals surface area (Å²) < 4.78 is 5.22. The van der Waals surface area contributed by atoms with E-state index in [0.717, 1.165) is 37.9 Å². The standard InChI is InChI=1S/C18H29N3O3S/c1-5-24-18(23)16-13-7-6-12(2)10-14(13)25-17(16)20-15(22)11-19-8-9-21(3)4/h12,19H,5-11H2,1-4H3,(H,20,22)/t12-/m1/s1. The van der Waals surface area contributed by atoms with E-state index in [1.165, 1.54) is 16.2 Å². The van der Waals surface area contributed by atoms with Gasteiger partial charge in [-0.1, -0.05) is 6.92 Å². The Morgan fingerprint density at radius 3 is 2.80 bits per heavy atom. The molecule has 0 aromatic carbocycles. The SMILES string of the molecule is CCOC(=O)c1c(NC(=O)CNCCN(C)C)sc2c1CC[C@@H](C)C2. The fraction of sp³-hybridized carbons (Fsp3) is 0.667. The fourth-order valence-corrected chi connectivity index (χ4v) is 4.35. The number of hydrogen-bond acceptors (Lipinski definition) is 6. The zero-order valence-electron chi connectivity index (χ0n) is 15.6. The van der Waals surface area contributed by atoms with Crippen LogP contribution in [-0.2, 0) is 22.4 Å². The Morgan fingerprint density at radius 2 is 2.12 bits per heavy atom. The van der Waals surface area contributed by atoms with E-state index < -0.39 is 0 Å². The van der Waals surface area contributed by atoms with Crippen molar-refractivity contribution in [1.82, 2.24) is 10.2 Å². The molecule has 0 aliphatic heterocycles. The van der Waals surface area contributed by atoms with Gasteiger partial charge in [-0.25, -0.2) is 4.79 Å². The minimum Gasteiger partial charge on any atom is -0.462 e. The molecule has 6 nitrogen and oxygen atoms in total. The summed E-state index contributed by atoms with van der Waals surface area (Å²) in [6.45, 7) is 6.19. The quantitative estimate of drug-likeness (QED) is 0.544. The van der Waals surface area contributed by atoms with Gasteiger partial charge in [0.15, 0.2) is 0 Å². The number of carbonyl (C=O) groups excluding carboxylic acids is 2. The third kappa shape index (κ3) is 5.52. The predicted octanol–water partition coefficient (Wildman–Crippen LogP) is 2.14. The molecule has 1 aliphatic rings.